The highest BCUT2D eigenvalue weighted by Gasteiger charge is 2.29. The summed E-state index contributed by atoms with van der Waals surface area (Å²) in [5, 5.41) is 4.67. The van der Waals surface area contributed by atoms with Gasteiger partial charge in [0.15, 0.2) is 6.61 Å². The molecule has 0 fully saturated rings. The second-order valence-corrected chi connectivity index (χ2v) is 5.25. The van der Waals surface area contributed by atoms with E-state index < -0.39 is 18.9 Å². The number of amides is 2. The van der Waals surface area contributed by atoms with Crippen LogP contribution in [0, 0.1) is 6.92 Å². The van der Waals surface area contributed by atoms with Crippen LogP contribution in [-0.2, 0) is 9.53 Å². The predicted molar refractivity (Wildman–Crippen MR) is 77.5 cm³/mol. The van der Waals surface area contributed by atoms with E-state index in [0.29, 0.717) is 10.2 Å². The van der Waals surface area contributed by atoms with E-state index >= 15 is 0 Å². The zero-order valence-corrected chi connectivity index (χ0v) is 13.2. The fourth-order valence-corrected chi connectivity index (χ4v) is 2.00. The van der Waals surface area contributed by atoms with Gasteiger partial charge in [-0.15, -0.1) is 0 Å². The lowest BCUT2D eigenvalue weighted by atomic mass is 10.2. The van der Waals surface area contributed by atoms with Crippen molar-refractivity contribution >= 4 is 33.6 Å². The van der Waals surface area contributed by atoms with Crippen LogP contribution in [0.25, 0.3) is 0 Å². The summed E-state index contributed by atoms with van der Waals surface area (Å²) in [6.45, 7) is 0.0974. The van der Waals surface area contributed by atoms with Crippen molar-refractivity contribution in [2.75, 3.05) is 18.5 Å². The van der Waals surface area contributed by atoms with E-state index in [2.05, 4.69) is 31.3 Å². The van der Waals surface area contributed by atoms with Crippen molar-refractivity contribution in [1.82, 2.24) is 5.32 Å². The van der Waals surface area contributed by atoms with Gasteiger partial charge in [0, 0.05) is 17.4 Å². The summed E-state index contributed by atoms with van der Waals surface area (Å²) in [4.78, 5) is 22.6. The fraction of sp³-hybridized carbons (Fsp3) is 0.385. The van der Waals surface area contributed by atoms with E-state index in [1.54, 1.807) is 6.07 Å². The van der Waals surface area contributed by atoms with E-state index in [-0.39, 0.29) is 18.9 Å². The standard InChI is InChI=1S/C13H14BrF3N2O3/c1-8-2-3-10(9(14)6-8)19-11(20)4-5-18-12(21)22-7-13(15,16)17/h2-3,6H,4-5,7H2,1H3,(H,18,21)(H,19,20). The van der Waals surface area contributed by atoms with Crippen LogP contribution in [0.15, 0.2) is 22.7 Å². The number of aryl methyl sites for hydroxylation is 1. The first-order valence-electron chi connectivity index (χ1n) is 6.21. The molecule has 0 spiro atoms. The molecule has 5 nitrogen and oxygen atoms in total. The van der Waals surface area contributed by atoms with Gasteiger partial charge in [-0.25, -0.2) is 4.79 Å². The van der Waals surface area contributed by atoms with E-state index in [1.165, 1.54) is 0 Å². The Morgan fingerprint density at radius 1 is 1.32 bits per heavy atom. The molecule has 1 aromatic rings. The molecule has 9 heteroatoms. The summed E-state index contributed by atoms with van der Waals surface area (Å²) in [5.41, 5.74) is 1.58. The number of benzene rings is 1. The van der Waals surface area contributed by atoms with Crippen molar-refractivity contribution in [3.05, 3.63) is 28.2 Å². The Labute approximate surface area is 133 Å². The Bertz CT molecular complexity index is 550. The zero-order chi connectivity index (χ0) is 16.8. The maximum atomic E-state index is 11.8. The minimum Gasteiger partial charge on any atom is -0.440 e. The first-order valence-corrected chi connectivity index (χ1v) is 7.00. The minimum atomic E-state index is -4.58. The van der Waals surface area contributed by atoms with Crippen LogP contribution >= 0.6 is 15.9 Å². The monoisotopic (exact) mass is 382 g/mol. The number of halogens is 4. The third kappa shape index (κ3) is 7.30. The van der Waals surface area contributed by atoms with Gasteiger partial charge in [0.1, 0.15) is 0 Å². The van der Waals surface area contributed by atoms with Crippen LogP contribution in [0.2, 0.25) is 0 Å². The summed E-state index contributed by atoms with van der Waals surface area (Å²) in [5.74, 6) is -0.388. The minimum absolute atomic E-state index is 0.0958. The number of anilines is 1. The van der Waals surface area contributed by atoms with Gasteiger partial charge in [0.25, 0.3) is 0 Å². The van der Waals surface area contributed by atoms with Gasteiger partial charge >= 0.3 is 12.3 Å². The average Bonchev–Trinajstić information content (AvgIpc) is 2.39. The van der Waals surface area contributed by atoms with Crippen molar-refractivity contribution in [3.63, 3.8) is 0 Å². The van der Waals surface area contributed by atoms with E-state index in [9.17, 15) is 22.8 Å². The molecule has 0 unspecified atom stereocenters. The Kier molecular flexibility index (Phi) is 6.66. The summed E-state index contributed by atoms with van der Waals surface area (Å²) >= 11 is 3.30. The molecule has 0 saturated carbocycles. The summed E-state index contributed by atoms with van der Waals surface area (Å²) in [7, 11) is 0. The molecule has 22 heavy (non-hydrogen) atoms. The van der Waals surface area contributed by atoms with Crippen LogP contribution < -0.4 is 10.6 Å². The third-order valence-corrected chi connectivity index (χ3v) is 3.04. The van der Waals surface area contributed by atoms with Crippen molar-refractivity contribution in [3.8, 4) is 0 Å². The normalized spacial score (nSPS) is 11.0. The van der Waals surface area contributed by atoms with Crippen LogP contribution in [-0.4, -0.2) is 31.3 Å². The average molecular weight is 383 g/mol. The van der Waals surface area contributed by atoms with Gasteiger partial charge in [-0.3, -0.25) is 4.79 Å². The largest absolute Gasteiger partial charge is 0.440 e. The smallest absolute Gasteiger partial charge is 0.422 e. The van der Waals surface area contributed by atoms with Crippen LogP contribution in [0.1, 0.15) is 12.0 Å². The Morgan fingerprint density at radius 3 is 2.59 bits per heavy atom. The molecule has 0 aliphatic heterocycles. The molecule has 0 saturated heterocycles. The number of nitrogens with one attached hydrogen (secondary N) is 2. The number of hydrogen-bond donors (Lipinski definition) is 2. The van der Waals surface area contributed by atoms with Crippen molar-refractivity contribution in [2.24, 2.45) is 0 Å². The molecule has 0 aliphatic carbocycles. The Morgan fingerprint density at radius 2 is 2.00 bits per heavy atom. The van der Waals surface area contributed by atoms with Crippen LogP contribution in [0.4, 0.5) is 23.7 Å². The maximum Gasteiger partial charge on any atom is 0.422 e. The van der Waals surface area contributed by atoms with E-state index in [4.69, 9.17) is 0 Å². The molecular weight excluding hydrogens is 369 g/mol. The first kappa shape index (κ1) is 18.3. The zero-order valence-electron chi connectivity index (χ0n) is 11.6. The molecule has 0 aromatic heterocycles. The predicted octanol–water partition coefficient (Wildman–Crippen LogP) is 3.37. The summed E-state index contributed by atoms with van der Waals surface area (Å²) < 4.78 is 40.0. The van der Waals surface area contributed by atoms with Gasteiger partial charge in [0.05, 0.1) is 5.69 Å². The molecule has 2 N–H and O–H groups in total. The number of alkyl halides is 3. The second-order valence-electron chi connectivity index (χ2n) is 4.40. The number of alkyl carbamates (subject to hydrolysis) is 1. The third-order valence-electron chi connectivity index (χ3n) is 2.39. The lowest BCUT2D eigenvalue weighted by molar-refractivity contribution is -0.160. The van der Waals surface area contributed by atoms with Gasteiger partial charge in [-0.05, 0) is 40.5 Å². The van der Waals surface area contributed by atoms with Crippen molar-refractivity contribution < 1.29 is 27.5 Å². The molecule has 0 heterocycles. The van der Waals surface area contributed by atoms with Gasteiger partial charge in [0.2, 0.25) is 5.91 Å². The number of carbonyl (C=O) groups excluding carboxylic acids is 2. The van der Waals surface area contributed by atoms with E-state index in [0.717, 1.165) is 5.56 Å². The maximum absolute atomic E-state index is 11.8. The quantitative estimate of drug-likeness (QED) is 0.820. The lowest BCUT2D eigenvalue weighted by Gasteiger charge is -2.10. The molecular formula is C13H14BrF3N2O3. The van der Waals surface area contributed by atoms with Crippen molar-refractivity contribution in [2.45, 2.75) is 19.5 Å². The highest BCUT2D eigenvalue weighted by Crippen LogP contribution is 2.23. The molecule has 1 rings (SSSR count). The van der Waals surface area contributed by atoms with Crippen molar-refractivity contribution in [1.29, 1.82) is 0 Å². The molecule has 1 aromatic carbocycles. The first-order chi connectivity index (χ1) is 10.2. The highest BCUT2D eigenvalue weighted by atomic mass is 79.9. The number of hydrogen-bond acceptors (Lipinski definition) is 3. The second kappa shape index (κ2) is 8.02. The molecule has 122 valence electrons. The Balaban J connectivity index is 2.30. The summed E-state index contributed by atoms with van der Waals surface area (Å²) in [6.07, 6.45) is -5.89. The fourth-order valence-electron chi connectivity index (χ4n) is 1.41. The molecule has 0 aliphatic rings. The molecule has 2 amide bonds. The van der Waals surface area contributed by atoms with Crippen LogP contribution in [0.3, 0.4) is 0 Å². The number of carbonyl (C=O) groups is 2. The topological polar surface area (TPSA) is 67.4 Å². The van der Waals surface area contributed by atoms with Gasteiger partial charge < -0.3 is 15.4 Å². The number of ether oxygens (including phenoxy) is 1. The van der Waals surface area contributed by atoms with Crippen LogP contribution in [0.5, 0.6) is 0 Å². The lowest BCUT2D eigenvalue weighted by Crippen LogP contribution is -2.31. The van der Waals surface area contributed by atoms with Gasteiger partial charge in [-0.1, -0.05) is 6.07 Å². The van der Waals surface area contributed by atoms with Gasteiger partial charge in [-0.2, -0.15) is 13.2 Å². The summed E-state index contributed by atoms with van der Waals surface area (Å²) in [6, 6.07) is 5.35. The SMILES string of the molecule is Cc1ccc(NC(=O)CCNC(=O)OCC(F)(F)F)c(Br)c1. The molecule has 0 radical (unpaired) electrons. The highest BCUT2D eigenvalue weighted by molar-refractivity contribution is 9.10. The molecule has 0 atom stereocenters. The molecule has 0 bridgehead atoms. The number of rotatable bonds is 5. The Hall–Kier alpha value is -1.77. The van der Waals surface area contributed by atoms with E-state index in [1.807, 2.05) is 19.1 Å².